The van der Waals surface area contributed by atoms with Gasteiger partial charge < -0.3 is 10.0 Å². The number of unbranched alkanes of at least 4 members (excludes halogenated alkanes) is 1. The van der Waals surface area contributed by atoms with Crippen LogP contribution in [-0.4, -0.2) is 77.1 Å². The second-order valence-corrected chi connectivity index (χ2v) is 8.76. The van der Waals surface area contributed by atoms with Crippen molar-refractivity contribution >= 4 is 17.6 Å². The largest absolute Gasteiger partial charge is 0.383 e. The molecule has 1 atom stereocenters. The van der Waals surface area contributed by atoms with Crippen molar-refractivity contribution in [2.45, 2.75) is 51.0 Å². The zero-order valence-corrected chi connectivity index (χ0v) is 17.1. The maximum Gasteiger partial charge on any atom is 0.258 e. The molecule has 1 aromatic heterocycles. The second kappa shape index (κ2) is 8.79. The van der Waals surface area contributed by atoms with Crippen LogP contribution in [0.2, 0.25) is 0 Å². The summed E-state index contributed by atoms with van der Waals surface area (Å²) in [6.07, 6.45) is 6.50. The highest BCUT2D eigenvalue weighted by atomic mass is 16.3. The van der Waals surface area contributed by atoms with Gasteiger partial charge in [0, 0.05) is 50.8 Å². The van der Waals surface area contributed by atoms with Crippen LogP contribution < -0.4 is 4.90 Å². The summed E-state index contributed by atoms with van der Waals surface area (Å²) in [6, 6.07) is 6.00. The SMILES string of the molecule is O=C1CC2(CCCC2)[C@H](O)C(=O)N1CCCCN1CCN(c2ccccn2)CC1. The molecule has 1 aromatic rings. The number of piperazine rings is 1. The molecule has 2 aliphatic heterocycles. The molecular weight excluding hydrogens is 368 g/mol. The highest BCUT2D eigenvalue weighted by Gasteiger charge is 2.51. The Balaban J connectivity index is 1.18. The van der Waals surface area contributed by atoms with Gasteiger partial charge in [-0.15, -0.1) is 0 Å². The molecule has 1 saturated carbocycles. The van der Waals surface area contributed by atoms with Crippen molar-refractivity contribution in [3.8, 4) is 0 Å². The Morgan fingerprint density at radius 1 is 1.03 bits per heavy atom. The average molecular weight is 401 g/mol. The first-order valence-corrected chi connectivity index (χ1v) is 11.0. The quantitative estimate of drug-likeness (QED) is 0.578. The number of carbonyl (C=O) groups excluding carboxylic acids is 2. The Bertz CT molecular complexity index is 712. The minimum Gasteiger partial charge on any atom is -0.383 e. The number of nitrogens with zero attached hydrogens (tertiary/aromatic N) is 4. The van der Waals surface area contributed by atoms with Crippen LogP contribution in [0.15, 0.2) is 24.4 Å². The number of hydrogen-bond acceptors (Lipinski definition) is 6. The highest BCUT2D eigenvalue weighted by Crippen LogP contribution is 2.47. The zero-order valence-electron chi connectivity index (χ0n) is 17.1. The summed E-state index contributed by atoms with van der Waals surface area (Å²) in [4.78, 5) is 35.6. The van der Waals surface area contributed by atoms with Crippen molar-refractivity contribution in [2.75, 3.05) is 44.2 Å². The predicted octanol–water partition coefficient (Wildman–Crippen LogP) is 1.66. The first kappa shape index (κ1) is 20.3. The molecule has 0 bridgehead atoms. The van der Waals surface area contributed by atoms with Gasteiger partial charge in [-0.05, 0) is 44.4 Å². The van der Waals surface area contributed by atoms with E-state index < -0.39 is 11.5 Å². The molecular formula is C22H32N4O3. The minimum absolute atomic E-state index is 0.0915. The number of aliphatic hydroxyl groups is 1. The minimum atomic E-state index is -0.998. The molecule has 3 aliphatic rings. The van der Waals surface area contributed by atoms with Gasteiger partial charge in [0.25, 0.3) is 5.91 Å². The Kier molecular flexibility index (Phi) is 6.15. The number of anilines is 1. The summed E-state index contributed by atoms with van der Waals surface area (Å²) in [5.41, 5.74) is -0.474. The van der Waals surface area contributed by atoms with E-state index in [0.29, 0.717) is 13.0 Å². The van der Waals surface area contributed by atoms with E-state index in [1.54, 1.807) is 0 Å². The number of carbonyl (C=O) groups is 2. The van der Waals surface area contributed by atoms with E-state index in [2.05, 4.69) is 14.8 Å². The van der Waals surface area contributed by atoms with Crippen LogP contribution in [0.5, 0.6) is 0 Å². The van der Waals surface area contributed by atoms with Crippen molar-refractivity contribution in [1.82, 2.24) is 14.8 Å². The standard InChI is InChI=1S/C22H32N4O3/c27-19-17-22(8-2-3-9-22)20(28)21(29)26(19)12-6-5-11-24-13-15-25(16-14-24)18-7-1-4-10-23-18/h1,4,7,10,20,28H,2-3,5-6,8-9,11-17H2/t20-/m1/s1. The molecule has 2 saturated heterocycles. The normalized spacial score (nSPS) is 25.2. The summed E-state index contributed by atoms with van der Waals surface area (Å²) >= 11 is 0. The van der Waals surface area contributed by atoms with Crippen molar-refractivity contribution in [2.24, 2.45) is 5.41 Å². The van der Waals surface area contributed by atoms with Crippen LogP contribution in [0.25, 0.3) is 0 Å². The number of hydrogen-bond donors (Lipinski definition) is 1. The number of imide groups is 1. The number of pyridine rings is 1. The smallest absolute Gasteiger partial charge is 0.258 e. The van der Waals surface area contributed by atoms with Gasteiger partial charge in [0.15, 0.2) is 0 Å². The molecule has 29 heavy (non-hydrogen) atoms. The van der Waals surface area contributed by atoms with Crippen molar-refractivity contribution < 1.29 is 14.7 Å². The summed E-state index contributed by atoms with van der Waals surface area (Å²) in [7, 11) is 0. The van der Waals surface area contributed by atoms with Gasteiger partial charge in [-0.3, -0.25) is 19.4 Å². The molecule has 0 unspecified atom stereocenters. The zero-order chi connectivity index (χ0) is 20.3. The molecule has 3 heterocycles. The molecule has 7 nitrogen and oxygen atoms in total. The van der Waals surface area contributed by atoms with Gasteiger partial charge in [0.2, 0.25) is 5.91 Å². The van der Waals surface area contributed by atoms with Gasteiger partial charge >= 0.3 is 0 Å². The first-order chi connectivity index (χ1) is 14.1. The average Bonchev–Trinajstić information content (AvgIpc) is 3.22. The van der Waals surface area contributed by atoms with Crippen molar-refractivity contribution in [1.29, 1.82) is 0 Å². The van der Waals surface area contributed by atoms with E-state index in [1.807, 2.05) is 24.4 Å². The lowest BCUT2D eigenvalue weighted by atomic mass is 9.74. The van der Waals surface area contributed by atoms with Crippen molar-refractivity contribution in [3.63, 3.8) is 0 Å². The lowest BCUT2D eigenvalue weighted by Gasteiger charge is -2.41. The number of likely N-dealkylation sites (tertiary alicyclic amines) is 1. The van der Waals surface area contributed by atoms with Crippen LogP contribution in [0.3, 0.4) is 0 Å². The maximum absolute atomic E-state index is 12.6. The Morgan fingerprint density at radius 2 is 1.76 bits per heavy atom. The number of aromatic nitrogens is 1. The summed E-state index contributed by atoms with van der Waals surface area (Å²) in [6.45, 7) is 5.33. The van der Waals surface area contributed by atoms with Gasteiger partial charge in [0.05, 0.1) is 0 Å². The van der Waals surface area contributed by atoms with Crippen molar-refractivity contribution in [3.05, 3.63) is 24.4 Å². The summed E-state index contributed by atoms with van der Waals surface area (Å²) in [5.74, 6) is 0.575. The molecule has 1 aliphatic carbocycles. The molecule has 0 radical (unpaired) electrons. The first-order valence-electron chi connectivity index (χ1n) is 11.0. The number of amides is 2. The third-order valence-corrected chi connectivity index (χ3v) is 6.94. The topological polar surface area (TPSA) is 77.0 Å². The van der Waals surface area contributed by atoms with Gasteiger partial charge in [0.1, 0.15) is 11.9 Å². The van der Waals surface area contributed by atoms with E-state index in [1.165, 1.54) is 4.90 Å². The fraction of sp³-hybridized carbons (Fsp3) is 0.682. The maximum atomic E-state index is 12.6. The summed E-state index contributed by atoms with van der Waals surface area (Å²) < 4.78 is 0. The monoisotopic (exact) mass is 400 g/mol. The Labute approximate surface area is 172 Å². The van der Waals surface area contributed by atoms with Crippen LogP contribution in [0, 0.1) is 5.41 Å². The highest BCUT2D eigenvalue weighted by molar-refractivity contribution is 6.01. The Hall–Kier alpha value is -1.99. The fourth-order valence-corrected chi connectivity index (χ4v) is 5.14. The van der Waals surface area contributed by atoms with Gasteiger partial charge in [-0.2, -0.15) is 0 Å². The summed E-state index contributed by atoms with van der Waals surface area (Å²) in [5, 5.41) is 10.5. The van der Waals surface area contributed by atoms with E-state index >= 15 is 0 Å². The molecule has 1 spiro atoms. The molecule has 2 amide bonds. The van der Waals surface area contributed by atoms with Crippen LogP contribution in [0.1, 0.15) is 44.9 Å². The Morgan fingerprint density at radius 3 is 2.45 bits per heavy atom. The third-order valence-electron chi connectivity index (χ3n) is 6.94. The van der Waals surface area contributed by atoms with E-state index in [4.69, 9.17) is 0 Å². The molecule has 7 heteroatoms. The number of rotatable bonds is 6. The van der Waals surface area contributed by atoms with Crippen LogP contribution in [0.4, 0.5) is 5.82 Å². The van der Waals surface area contributed by atoms with Gasteiger partial charge in [-0.1, -0.05) is 18.9 Å². The number of aliphatic hydroxyl groups excluding tert-OH is 1. The van der Waals surface area contributed by atoms with Crippen LogP contribution >= 0.6 is 0 Å². The van der Waals surface area contributed by atoms with E-state index in [0.717, 1.165) is 77.1 Å². The second-order valence-electron chi connectivity index (χ2n) is 8.76. The molecule has 3 fully saturated rings. The lowest BCUT2D eigenvalue weighted by Crippen LogP contribution is -2.56. The molecule has 1 N–H and O–H groups in total. The third kappa shape index (κ3) is 4.31. The lowest BCUT2D eigenvalue weighted by molar-refractivity contribution is -0.166. The molecule has 0 aromatic carbocycles. The van der Waals surface area contributed by atoms with Crippen LogP contribution in [-0.2, 0) is 9.59 Å². The fourth-order valence-electron chi connectivity index (χ4n) is 5.14. The predicted molar refractivity (Wildman–Crippen MR) is 110 cm³/mol. The van der Waals surface area contributed by atoms with E-state index in [-0.39, 0.29) is 11.8 Å². The number of piperidine rings is 1. The van der Waals surface area contributed by atoms with E-state index in [9.17, 15) is 14.7 Å². The van der Waals surface area contributed by atoms with Gasteiger partial charge in [-0.25, -0.2) is 4.98 Å². The molecule has 4 rings (SSSR count). The molecule has 158 valence electrons.